The summed E-state index contributed by atoms with van der Waals surface area (Å²) in [6, 6.07) is 0.0334. The summed E-state index contributed by atoms with van der Waals surface area (Å²) < 4.78 is 11.0. The number of likely N-dealkylation sites (N-methyl/N-ethyl adjacent to an activating group) is 1. The topological polar surface area (TPSA) is 75.9 Å². The number of amides is 2. The Labute approximate surface area is 140 Å². The molecule has 0 unspecified atom stereocenters. The third-order valence-corrected chi connectivity index (χ3v) is 5.55. The smallest absolute Gasteiger partial charge is 0.259 e. The third kappa shape index (κ3) is 2.42. The molecule has 3 atom stereocenters. The van der Waals surface area contributed by atoms with Crippen LogP contribution in [0.4, 0.5) is 0 Å². The van der Waals surface area contributed by atoms with E-state index in [4.69, 9.17) is 9.26 Å². The predicted molar refractivity (Wildman–Crippen MR) is 84.4 cm³/mol. The van der Waals surface area contributed by atoms with Crippen LogP contribution in [0.25, 0.3) is 0 Å². The first-order chi connectivity index (χ1) is 11.5. The quantitative estimate of drug-likeness (QED) is 0.822. The Morgan fingerprint density at radius 1 is 1.33 bits per heavy atom. The summed E-state index contributed by atoms with van der Waals surface area (Å²) in [7, 11) is 1.81. The van der Waals surface area contributed by atoms with Crippen molar-refractivity contribution in [2.45, 2.75) is 38.8 Å². The lowest BCUT2D eigenvalue weighted by Crippen LogP contribution is -2.39. The van der Waals surface area contributed by atoms with Gasteiger partial charge in [0.25, 0.3) is 11.8 Å². The molecular formula is C17H23N3O4. The van der Waals surface area contributed by atoms with Crippen LogP contribution in [-0.4, -0.2) is 65.7 Å². The average Bonchev–Trinajstić information content (AvgIpc) is 3.12. The van der Waals surface area contributed by atoms with Crippen molar-refractivity contribution in [3.8, 4) is 0 Å². The highest BCUT2D eigenvalue weighted by atomic mass is 16.5. The zero-order chi connectivity index (χ0) is 17.0. The van der Waals surface area contributed by atoms with Gasteiger partial charge in [-0.1, -0.05) is 5.16 Å². The van der Waals surface area contributed by atoms with Crippen LogP contribution in [0.5, 0.6) is 0 Å². The van der Waals surface area contributed by atoms with Gasteiger partial charge in [-0.05, 0) is 32.6 Å². The largest absolute Gasteiger partial charge is 0.368 e. The molecule has 0 bridgehead atoms. The van der Waals surface area contributed by atoms with Gasteiger partial charge in [-0.3, -0.25) is 9.59 Å². The molecular weight excluding hydrogens is 310 g/mol. The van der Waals surface area contributed by atoms with E-state index < -0.39 is 6.10 Å². The number of carbonyl (C=O) groups is 2. The molecule has 7 nitrogen and oxygen atoms in total. The molecule has 24 heavy (non-hydrogen) atoms. The average molecular weight is 333 g/mol. The summed E-state index contributed by atoms with van der Waals surface area (Å²) in [5, 5.41) is 3.87. The zero-order valence-electron chi connectivity index (χ0n) is 14.3. The predicted octanol–water partition coefficient (Wildman–Crippen LogP) is 0.999. The van der Waals surface area contributed by atoms with E-state index >= 15 is 0 Å². The summed E-state index contributed by atoms with van der Waals surface area (Å²) in [6.45, 7) is 5.27. The van der Waals surface area contributed by atoms with Crippen molar-refractivity contribution >= 4 is 11.8 Å². The minimum Gasteiger partial charge on any atom is -0.368 e. The van der Waals surface area contributed by atoms with Crippen molar-refractivity contribution < 1.29 is 18.8 Å². The third-order valence-electron chi connectivity index (χ3n) is 5.55. The summed E-state index contributed by atoms with van der Waals surface area (Å²) in [6.07, 6.45) is 1.98. The molecule has 3 aliphatic rings. The highest BCUT2D eigenvalue weighted by molar-refractivity contribution is 5.96. The van der Waals surface area contributed by atoms with Gasteiger partial charge in [0.05, 0.1) is 18.3 Å². The summed E-state index contributed by atoms with van der Waals surface area (Å²) in [5.41, 5.74) is 1.15. The Bertz CT molecular complexity index is 662. The van der Waals surface area contributed by atoms with Crippen molar-refractivity contribution in [2.24, 2.45) is 11.8 Å². The van der Waals surface area contributed by atoms with Crippen LogP contribution in [0.1, 0.15) is 34.7 Å². The molecule has 1 aliphatic carbocycles. The minimum absolute atomic E-state index is 0.0334. The maximum atomic E-state index is 12.8. The number of nitrogens with zero attached hydrogens (tertiary/aromatic N) is 3. The van der Waals surface area contributed by atoms with E-state index in [1.54, 1.807) is 23.6 Å². The molecule has 130 valence electrons. The van der Waals surface area contributed by atoms with Gasteiger partial charge in [-0.2, -0.15) is 0 Å². The minimum atomic E-state index is -0.414. The first kappa shape index (κ1) is 15.6. The van der Waals surface area contributed by atoms with Crippen LogP contribution >= 0.6 is 0 Å². The van der Waals surface area contributed by atoms with Crippen molar-refractivity contribution in [3.63, 3.8) is 0 Å². The molecule has 4 rings (SSSR count). The van der Waals surface area contributed by atoms with E-state index in [9.17, 15) is 9.59 Å². The molecule has 3 heterocycles. The number of hydrogen-bond acceptors (Lipinski definition) is 5. The molecule has 1 aromatic heterocycles. The van der Waals surface area contributed by atoms with Crippen LogP contribution in [0.3, 0.4) is 0 Å². The zero-order valence-corrected chi connectivity index (χ0v) is 14.3. The number of aryl methyl sites for hydroxylation is 2. The fourth-order valence-electron chi connectivity index (χ4n) is 3.90. The van der Waals surface area contributed by atoms with Crippen molar-refractivity contribution in [3.05, 3.63) is 17.0 Å². The molecule has 1 aromatic rings. The Hall–Kier alpha value is -1.89. The number of hydrogen-bond donors (Lipinski definition) is 0. The lowest BCUT2D eigenvalue weighted by molar-refractivity contribution is -0.138. The fraction of sp³-hybridized carbons (Fsp3) is 0.706. The fourth-order valence-corrected chi connectivity index (χ4v) is 3.90. The van der Waals surface area contributed by atoms with E-state index in [1.807, 2.05) is 7.05 Å². The van der Waals surface area contributed by atoms with E-state index in [0.29, 0.717) is 42.6 Å². The summed E-state index contributed by atoms with van der Waals surface area (Å²) in [4.78, 5) is 28.8. The van der Waals surface area contributed by atoms with Crippen LogP contribution in [0, 0.1) is 25.7 Å². The number of likely N-dealkylation sites (tertiary alicyclic amines) is 2. The molecule has 7 heteroatoms. The Morgan fingerprint density at radius 3 is 2.71 bits per heavy atom. The SMILES string of the molecule is Cc1noc(C)c1C(=O)N1C[C@@H]2[C@H](OCC3CC3)C(=O)N(C)[C@@H]2C1. The van der Waals surface area contributed by atoms with E-state index in [1.165, 1.54) is 12.8 Å². The van der Waals surface area contributed by atoms with Crippen molar-refractivity contribution in [1.29, 1.82) is 0 Å². The lowest BCUT2D eigenvalue weighted by Gasteiger charge is -2.22. The van der Waals surface area contributed by atoms with E-state index in [0.717, 1.165) is 0 Å². The monoisotopic (exact) mass is 333 g/mol. The van der Waals surface area contributed by atoms with Gasteiger partial charge in [0.1, 0.15) is 17.4 Å². The molecule has 0 aromatic carbocycles. The molecule has 2 saturated heterocycles. The number of carbonyl (C=O) groups excluding carboxylic acids is 2. The van der Waals surface area contributed by atoms with Crippen LogP contribution in [-0.2, 0) is 9.53 Å². The second kappa shape index (κ2) is 5.58. The second-order valence-corrected chi connectivity index (χ2v) is 7.29. The van der Waals surface area contributed by atoms with Crippen LogP contribution < -0.4 is 0 Å². The van der Waals surface area contributed by atoms with Gasteiger partial charge in [0, 0.05) is 26.1 Å². The molecule has 2 aliphatic heterocycles. The molecule has 1 saturated carbocycles. The first-order valence-electron chi connectivity index (χ1n) is 8.57. The van der Waals surface area contributed by atoms with Crippen molar-refractivity contribution in [1.82, 2.24) is 15.0 Å². The Kier molecular flexibility index (Phi) is 3.63. The maximum Gasteiger partial charge on any atom is 0.259 e. The van der Waals surface area contributed by atoms with E-state index in [-0.39, 0.29) is 23.8 Å². The maximum absolute atomic E-state index is 12.8. The molecule has 0 spiro atoms. The summed E-state index contributed by atoms with van der Waals surface area (Å²) in [5.74, 6) is 1.19. The van der Waals surface area contributed by atoms with Gasteiger partial charge >= 0.3 is 0 Å². The van der Waals surface area contributed by atoms with Gasteiger partial charge in [-0.25, -0.2) is 0 Å². The highest BCUT2D eigenvalue weighted by Crippen LogP contribution is 2.36. The molecule has 0 N–H and O–H groups in total. The Balaban J connectivity index is 1.50. The van der Waals surface area contributed by atoms with Gasteiger partial charge in [-0.15, -0.1) is 0 Å². The van der Waals surface area contributed by atoms with Gasteiger partial charge in [0.15, 0.2) is 0 Å². The number of ether oxygens (including phenoxy) is 1. The highest BCUT2D eigenvalue weighted by Gasteiger charge is 2.53. The molecule has 0 radical (unpaired) electrons. The standard InChI is InChI=1S/C17H23N3O4/c1-9-14(10(2)24-18-9)16(21)20-6-12-13(7-20)19(3)17(22)15(12)23-8-11-4-5-11/h11-13,15H,4-8H2,1-3H3/t12-,13+,15-/m0/s1. The Morgan fingerprint density at radius 2 is 2.08 bits per heavy atom. The van der Waals surface area contributed by atoms with Crippen LogP contribution in [0.15, 0.2) is 4.52 Å². The number of rotatable bonds is 4. The number of aromatic nitrogens is 1. The normalized spacial score (nSPS) is 29.5. The van der Waals surface area contributed by atoms with E-state index in [2.05, 4.69) is 5.16 Å². The van der Waals surface area contributed by atoms with Crippen LogP contribution in [0.2, 0.25) is 0 Å². The molecule has 2 amide bonds. The van der Waals surface area contributed by atoms with Gasteiger partial charge < -0.3 is 19.1 Å². The molecule has 3 fully saturated rings. The van der Waals surface area contributed by atoms with Gasteiger partial charge in [0.2, 0.25) is 0 Å². The summed E-state index contributed by atoms with van der Waals surface area (Å²) >= 11 is 0. The number of fused-ring (bicyclic) bond motifs is 1. The first-order valence-corrected chi connectivity index (χ1v) is 8.57. The van der Waals surface area contributed by atoms with Crippen molar-refractivity contribution in [2.75, 3.05) is 26.7 Å². The second-order valence-electron chi connectivity index (χ2n) is 7.29. The lowest BCUT2D eigenvalue weighted by atomic mass is 10.0.